The Morgan fingerprint density at radius 2 is 1.73 bits per heavy atom. The van der Waals surface area contributed by atoms with Gasteiger partial charge in [0.1, 0.15) is 5.71 Å². The number of benzene rings is 3. The summed E-state index contributed by atoms with van der Waals surface area (Å²) in [6, 6.07) is 19.0. The predicted octanol–water partition coefficient (Wildman–Crippen LogP) is 4.28. The van der Waals surface area contributed by atoms with Crippen LogP contribution >= 0.6 is 0 Å². The number of anilines is 2. The zero-order valence-electron chi connectivity index (χ0n) is 21.7. The molecule has 0 radical (unpaired) electrons. The number of nitrogens with one attached hydrogen (secondary N) is 4. The Labute approximate surface area is 229 Å². The van der Waals surface area contributed by atoms with Crippen molar-refractivity contribution in [3.05, 3.63) is 99.5 Å². The van der Waals surface area contributed by atoms with Crippen molar-refractivity contribution in [2.45, 2.75) is 19.8 Å². The number of aromatic amines is 2. The van der Waals surface area contributed by atoms with Gasteiger partial charge < -0.3 is 20.0 Å². The summed E-state index contributed by atoms with van der Waals surface area (Å²) in [7, 11) is 0. The Balaban J connectivity index is 1.40. The number of aromatic nitrogens is 2. The third-order valence-electron chi connectivity index (χ3n) is 6.41. The van der Waals surface area contributed by atoms with E-state index in [9.17, 15) is 19.2 Å². The average molecular weight is 538 g/mol. The van der Waals surface area contributed by atoms with Gasteiger partial charge in [0.05, 0.1) is 22.3 Å². The van der Waals surface area contributed by atoms with E-state index >= 15 is 0 Å². The maximum atomic E-state index is 13.5. The Kier molecular flexibility index (Phi) is 7.79. The van der Waals surface area contributed by atoms with Crippen LogP contribution in [0.4, 0.5) is 11.4 Å². The molecule has 202 valence electrons. The average Bonchev–Trinajstić information content (AvgIpc) is 3.34. The molecule has 10 nitrogen and oxygen atoms in total. The van der Waals surface area contributed by atoms with Gasteiger partial charge in [-0.3, -0.25) is 19.8 Å². The molecule has 0 fully saturated rings. The highest BCUT2D eigenvalue weighted by Gasteiger charge is 2.30. The molecule has 1 amide bonds. The van der Waals surface area contributed by atoms with E-state index in [1.54, 1.807) is 66.7 Å². The van der Waals surface area contributed by atoms with E-state index < -0.39 is 11.7 Å². The van der Waals surface area contributed by atoms with Gasteiger partial charge in [0.2, 0.25) is 5.78 Å². The van der Waals surface area contributed by atoms with Gasteiger partial charge in [-0.1, -0.05) is 36.4 Å². The van der Waals surface area contributed by atoms with Crippen molar-refractivity contribution < 1.29 is 19.1 Å². The fourth-order valence-corrected chi connectivity index (χ4v) is 4.45. The summed E-state index contributed by atoms with van der Waals surface area (Å²) in [5.74, 6) is -1.26. The second kappa shape index (κ2) is 11.7. The molecule has 0 atom stereocenters. The van der Waals surface area contributed by atoms with Crippen molar-refractivity contribution >= 4 is 51.7 Å². The number of ether oxygens (including phenoxy) is 1. The predicted molar refractivity (Wildman–Crippen MR) is 154 cm³/mol. The third-order valence-corrected chi connectivity index (χ3v) is 6.41. The first kappa shape index (κ1) is 26.5. The fraction of sp³-hybridized carbons (Fsp3) is 0.167. The highest BCUT2D eigenvalue weighted by molar-refractivity contribution is 6.59. The van der Waals surface area contributed by atoms with Gasteiger partial charge in [-0.15, -0.1) is 0 Å². The summed E-state index contributed by atoms with van der Waals surface area (Å²) in [6.45, 7) is 3.00. The number of amides is 1. The number of para-hydroxylation sites is 1. The maximum absolute atomic E-state index is 13.5. The minimum Gasteiger partial charge on any atom is -0.382 e. The van der Waals surface area contributed by atoms with E-state index in [0.717, 1.165) is 0 Å². The van der Waals surface area contributed by atoms with Crippen LogP contribution in [0.25, 0.3) is 17.1 Å². The molecule has 4 N–H and O–H groups in total. The van der Waals surface area contributed by atoms with Gasteiger partial charge in [0.15, 0.2) is 5.78 Å². The number of hydrogen-bond donors (Lipinski definition) is 4. The molecule has 0 bridgehead atoms. The molecule has 40 heavy (non-hydrogen) atoms. The van der Waals surface area contributed by atoms with Gasteiger partial charge >= 0.3 is 5.69 Å². The molecule has 1 aliphatic rings. The molecule has 4 aromatic rings. The van der Waals surface area contributed by atoms with Crippen LogP contribution in [0.5, 0.6) is 0 Å². The minimum atomic E-state index is -0.616. The first-order valence-electron chi connectivity index (χ1n) is 12.9. The van der Waals surface area contributed by atoms with Crippen molar-refractivity contribution in [2.24, 2.45) is 5.10 Å². The molecule has 1 heterocycles. The Morgan fingerprint density at radius 3 is 2.58 bits per heavy atom. The summed E-state index contributed by atoms with van der Waals surface area (Å²) in [5.41, 5.74) is 6.13. The minimum absolute atomic E-state index is 0.0484. The lowest BCUT2D eigenvalue weighted by Gasteiger charge is -2.18. The number of nitrogens with zero attached hydrogens (tertiary/aromatic N) is 1. The molecule has 3 aromatic carbocycles. The Bertz CT molecular complexity index is 1730. The van der Waals surface area contributed by atoms with Crippen LogP contribution in [0.3, 0.4) is 0 Å². The summed E-state index contributed by atoms with van der Waals surface area (Å²) >= 11 is 0. The molecule has 0 unspecified atom stereocenters. The monoisotopic (exact) mass is 537 g/mol. The lowest BCUT2D eigenvalue weighted by atomic mass is 9.89. The first-order valence-corrected chi connectivity index (χ1v) is 12.9. The Morgan fingerprint density at radius 1 is 0.950 bits per heavy atom. The molecule has 0 spiro atoms. The van der Waals surface area contributed by atoms with E-state index in [0.29, 0.717) is 65.2 Å². The van der Waals surface area contributed by atoms with Crippen molar-refractivity contribution in [1.29, 1.82) is 0 Å². The molecule has 0 aliphatic heterocycles. The van der Waals surface area contributed by atoms with Crippen molar-refractivity contribution in [3.63, 3.8) is 0 Å². The van der Waals surface area contributed by atoms with Gasteiger partial charge in [0.25, 0.3) is 5.91 Å². The number of Topliss-reactive ketones (excluding diaryl/α,β-unsaturated/α-hetero) is 2. The highest BCUT2D eigenvalue weighted by atomic mass is 16.5. The Hall–Kier alpha value is -5.09. The number of carbonyl (C=O) groups excluding carboxylic acids is 3. The topological polar surface area (TPSA) is 146 Å². The van der Waals surface area contributed by atoms with E-state index in [-0.39, 0.29) is 22.8 Å². The number of rotatable bonds is 10. The fourth-order valence-electron chi connectivity index (χ4n) is 4.45. The largest absolute Gasteiger partial charge is 0.382 e. The lowest BCUT2D eigenvalue weighted by Crippen LogP contribution is -2.30. The number of H-pyrrole nitrogens is 2. The van der Waals surface area contributed by atoms with Crippen LogP contribution in [-0.4, -0.2) is 46.4 Å². The van der Waals surface area contributed by atoms with E-state index in [2.05, 4.69) is 25.8 Å². The van der Waals surface area contributed by atoms with Crippen LogP contribution in [0.1, 0.15) is 41.3 Å². The van der Waals surface area contributed by atoms with Crippen LogP contribution < -0.4 is 16.4 Å². The normalized spacial score (nSPS) is 13.7. The SMILES string of the molecule is CCOCCCC(=O)c1ccccc1N/N=C1\C(=O)C(C(=O)Nc2ccc3[nH]c(=O)[nH]c3c2)=Cc2ccccc21. The molecule has 0 saturated carbocycles. The van der Waals surface area contributed by atoms with Crippen molar-refractivity contribution in [1.82, 2.24) is 9.97 Å². The molecular weight excluding hydrogens is 510 g/mol. The summed E-state index contributed by atoms with van der Waals surface area (Å²) in [4.78, 5) is 56.5. The molecular formula is C30H27N5O5. The number of hydrazone groups is 1. The molecule has 0 saturated heterocycles. The smallest absolute Gasteiger partial charge is 0.323 e. The number of ketones is 2. The van der Waals surface area contributed by atoms with Crippen LogP contribution in [0.2, 0.25) is 0 Å². The number of imidazole rings is 1. The quantitative estimate of drug-likeness (QED) is 0.103. The number of fused-ring (bicyclic) bond motifs is 2. The van der Waals surface area contributed by atoms with E-state index in [1.165, 1.54) is 6.08 Å². The third kappa shape index (κ3) is 5.67. The first-order chi connectivity index (χ1) is 19.4. The van der Waals surface area contributed by atoms with Gasteiger partial charge in [-0.05, 0) is 55.3 Å². The second-order valence-corrected chi connectivity index (χ2v) is 9.11. The number of carbonyl (C=O) groups is 3. The summed E-state index contributed by atoms with van der Waals surface area (Å²) in [5, 5.41) is 7.11. The zero-order chi connectivity index (χ0) is 28.1. The van der Waals surface area contributed by atoms with Gasteiger partial charge in [-0.2, -0.15) is 5.10 Å². The number of hydrogen-bond acceptors (Lipinski definition) is 7. The lowest BCUT2D eigenvalue weighted by molar-refractivity contribution is -0.116. The van der Waals surface area contributed by atoms with E-state index in [4.69, 9.17) is 4.74 Å². The van der Waals surface area contributed by atoms with Crippen LogP contribution in [0, 0.1) is 0 Å². The van der Waals surface area contributed by atoms with Gasteiger partial charge in [-0.25, -0.2) is 4.79 Å². The summed E-state index contributed by atoms with van der Waals surface area (Å²) < 4.78 is 5.33. The van der Waals surface area contributed by atoms with E-state index in [1.807, 2.05) is 6.92 Å². The molecule has 1 aliphatic carbocycles. The molecule has 1 aromatic heterocycles. The molecule has 10 heteroatoms. The zero-order valence-corrected chi connectivity index (χ0v) is 21.7. The standard InChI is InChI=1S/C30H27N5O5/c1-2-40-15-7-12-26(36)21-10-5-6-11-23(21)34-35-27-20-9-4-3-8-18(20)16-22(28(27)37)29(38)31-19-13-14-24-25(17-19)33-30(39)32-24/h3-6,8-11,13-14,16-17,34H,2,7,12,15H2,1H3,(H,31,38)(H2,32,33,39)/b35-27-. The van der Waals surface area contributed by atoms with Crippen molar-refractivity contribution in [3.8, 4) is 0 Å². The van der Waals surface area contributed by atoms with Gasteiger partial charge in [0, 0.05) is 36.4 Å². The highest BCUT2D eigenvalue weighted by Crippen LogP contribution is 2.25. The molecule has 5 rings (SSSR count). The maximum Gasteiger partial charge on any atom is 0.323 e. The van der Waals surface area contributed by atoms with Crippen molar-refractivity contribution in [2.75, 3.05) is 24.0 Å². The second-order valence-electron chi connectivity index (χ2n) is 9.11. The van der Waals surface area contributed by atoms with Crippen LogP contribution in [-0.2, 0) is 14.3 Å². The summed E-state index contributed by atoms with van der Waals surface area (Å²) in [6.07, 6.45) is 2.43. The van der Waals surface area contributed by atoms with Crippen LogP contribution in [0.15, 0.2) is 82.2 Å².